The maximum atomic E-state index is 11.5. The van der Waals surface area contributed by atoms with Gasteiger partial charge in [-0.25, -0.2) is 0 Å². The van der Waals surface area contributed by atoms with Crippen LogP contribution < -0.4 is 5.32 Å². The van der Waals surface area contributed by atoms with Gasteiger partial charge in [-0.05, 0) is 19.3 Å². The summed E-state index contributed by atoms with van der Waals surface area (Å²) in [6, 6.07) is 0. The van der Waals surface area contributed by atoms with Crippen molar-refractivity contribution in [2.45, 2.75) is 112 Å². The molecule has 0 radical (unpaired) electrons. The van der Waals surface area contributed by atoms with E-state index < -0.39 is 0 Å². The number of carbonyl (C=O) groups excluding carboxylic acids is 2. The van der Waals surface area contributed by atoms with Crippen molar-refractivity contribution in [2.75, 3.05) is 6.54 Å². The highest BCUT2D eigenvalue weighted by atomic mass is 16.1. The van der Waals surface area contributed by atoms with E-state index >= 15 is 0 Å². The zero-order valence-corrected chi connectivity index (χ0v) is 17.1. The molecule has 1 amide bonds. The third-order valence-electron chi connectivity index (χ3n) is 4.04. The first-order valence-corrected chi connectivity index (χ1v) is 10.4. The van der Waals surface area contributed by atoms with Crippen molar-refractivity contribution < 1.29 is 11.0 Å². The first kappa shape index (κ1) is 25.4. The van der Waals surface area contributed by atoms with Crippen LogP contribution in [0.2, 0.25) is 0 Å². The van der Waals surface area contributed by atoms with Crippen LogP contribution in [-0.4, -0.2) is 18.2 Å². The second-order valence-electron chi connectivity index (χ2n) is 6.65. The number of hydrogen-bond acceptors (Lipinski definition) is 2. The van der Waals surface area contributed by atoms with E-state index in [0.29, 0.717) is 12.2 Å². The van der Waals surface area contributed by atoms with Gasteiger partial charge in [-0.15, -0.1) is 0 Å². The zero-order chi connectivity index (χ0) is 18.6. The molecule has 3 nitrogen and oxygen atoms in total. The normalized spacial score (nSPS) is 10.2. The summed E-state index contributed by atoms with van der Waals surface area (Å²) in [5.74, 6) is 0.810. The molecule has 24 heavy (non-hydrogen) atoms. The molecule has 0 aromatic heterocycles. The summed E-state index contributed by atoms with van der Waals surface area (Å²) in [6.45, 7) is 10.8. The van der Waals surface area contributed by atoms with Crippen molar-refractivity contribution in [3.63, 3.8) is 0 Å². The van der Waals surface area contributed by atoms with Crippen LogP contribution in [0.5, 0.6) is 0 Å². The molecule has 0 heterocycles. The number of Topliss-reactive ketones (excluding diaryl/α,β-unsaturated/α-hetero) is 1. The third kappa shape index (κ3) is 19.2. The van der Waals surface area contributed by atoms with E-state index in [2.05, 4.69) is 12.2 Å². The highest BCUT2D eigenvalue weighted by molar-refractivity contribution is 5.80. The second kappa shape index (κ2) is 20.2. The standard InChI is InChI=1S/C19H37NO2.C2H6.H2/c1-4-16-20-19(22)15-13-11-9-7-5-6-8-10-12-14-18(21)17(2)3;1-2;/h17H,4-16H2,1-3H3,(H,20,22);1-2H3;1H. The van der Waals surface area contributed by atoms with Crippen molar-refractivity contribution in [3.05, 3.63) is 0 Å². The Labute approximate surface area is 152 Å². The van der Waals surface area contributed by atoms with E-state index in [1.807, 2.05) is 27.7 Å². The maximum Gasteiger partial charge on any atom is 0.219 e. The Morgan fingerprint density at radius 3 is 1.62 bits per heavy atom. The summed E-state index contributed by atoms with van der Waals surface area (Å²) in [6.07, 6.45) is 13.3. The SMILES string of the molecule is CC.CCCNC(=O)CCCCCCCCCCCC(=O)C(C)C.[HH]. The van der Waals surface area contributed by atoms with E-state index in [4.69, 9.17) is 0 Å². The molecule has 3 heteroatoms. The fourth-order valence-electron chi connectivity index (χ4n) is 2.46. The minimum Gasteiger partial charge on any atom is -0.356 e. The third-order valence-corrected chi connectivity index (χ3v) is 4.04. The number of carbonyl (C=O) groups is 2. The summed E-state index contributed by atoms with van der Waals surface area (Å²) in [5.41, 5.74) is 0. The molecule has 0 fully saturated rings. The molecule has 0 saturated carbocycles. The zero-order valence-electron chi connectivity index (χ0n) is 17.1. The Bertz CT molecular complexity index is 294. The lowest BCUT2D eigenvalue weighted by Gasteiger charge is -2.05. The molecular formula is C21H45NO2. The number of nitrogens with one attached hydrogen (secondary N) is 1. The largest absolute Gasteiger partial charge is 0.356 e. The van der Waals surface area contributed by atoms with Gasteiger partial charge in [-0.2, -0.15) is 0 Å². The van der Waals surface area contributed by atoms with Gasteiger partial charge >= 0.3 is 0 Å². The number of amides is 1. The van der Waals surface area contributed by atoms with E-state index in [0.717, 1.165) is 32.2 Å². The first-order chi connectivity index (χ1) is 11.6. The number of ketones is 1. The van der Waals surface area contributed by atoms with Gasteiger partial charge in [0.05, 0.1) is 0 Å². The summed E-state index contributed by atoms with van der Waals surface area (Å²) in [5, 5.41) is 2.91. The summed E-state index contributed by atoms with van der Waals surface area (Å²) in [4.78, 5) is 22.8. The molecule has 1 N–H and O–H groups in total. The van der Waals surface area contributed by atoms with E-state index in [9.17, 15) is 9.59 Å². The fraction of sp³-hybridized carbons (Fsp3) is 0.905. The molecule has 0 spiro atoms. The Hall–Kier alpha value is -0.860. The van der Waals surface area contributed by atoms with E-state index in [-0.39, 0.29) is 13.3 Å². The van der Waals surface area contributed by atoms with Gasteiger partial charge in [0.15, 0.2) is 0 Å². The van der Waals surface area contributed by atoms with Gasteiger partial charge in [0.25, 0.3) is 0 Å². The van der Waals surface area contributed by atoms with Crippen molar-refractivity contribution >= 4 is 11.7 Å². The van der Waals surface area contributed by atoms with Crippen LogP contribution in [0.3, 0.4) is 0 Å². The van der Waals surface area contributed by atoms with Gasteiger partial charge < -0.3 is 5.32 Å². The molecule has 146 valence electrons. The Balaban J connectivity index is -0.00000155. The quantitative estimate of drug-likeness (QED) is 0.355. The molecule has 0 aliphatic rings. The number of rotatable bonds is 15. The van der Waals surface area contributed by atoms with Crippen LogP contribution in [-0.2, 0) is 9.59 Å². The van der Waals surface area contributed by atoms with Crippen LogP contribution >= 0.6 is 0 Å². The Kier molecular flexibility index (Phi) is 21.3. The molecule has 0 aliphatic carbocycles. The van der Waals surface area contributed by atoms with E-state index in [1.165, 1.54) is 44.9 Å². The fourth-order valence-corrected chi connectivity index (χ4v) is 2.46. The predicted octanol–water partition coefficient (Wildman–Crippen LogP) is 6.30. The maximum absolute atomic E-state index is 11.5. The molecule has 0 atom stereocenters. The summed E-state index contributed by atoms with van der Waals surface area (Å²) >= 11 is 0. The summed E-state index contributed by atoms with van der Waals surface area (Å²) in [7, 11) is 0. The molecule has 0 bridgehead atoms. The average molecular weight is 344 g/mol. The molecule has 0 aromatic carbocycles. The van der Waals surface area contributed by atoms with Gasteiger partial charge in [-0.1, -0.05) is 79.6 Å². The molecule has 0 aliphatic heterocycles. The lowest BCUT2D eigenvalue weighted by atomic mass is 10.0. The first-order valence-electron chi connectivity index (χ1n) is 10.4. The molecule has 0 rings (SSSR count). The molecule has 0 unspecified atom stereocenters. The number of hydrogen-bond donors (Lipinski definition) is 1. The van der Waals surface area contributed by atoms with Crippen molar-refractivity contribution in [1.29, 1.82) is 0 Å². The topological polar surface area (TPSA) is 46.2 Å². The van der Waals surface area contributed by atoms with Gasteiger partial charge in [0.2, 0.25) is 5.91 Å². The van der Waals surface area contributed by atoms with Crippen molar-refractivity contribution in [1.82, 2.24) is 5.32 Å². The van der Waals surface area contributed by atoms with Crippen LogP contribution in [0, 0.1) is 5.92 Å². The van der Waals surface area contributed by atoms with Crippen molar-refractivity contribution in [2.24, 2.45) is 5.92 Å². The summed E-state index contributed by atoms with van der Waals surface area (Å²) < 4.78 is 0. The Morgan fingerprint density at radius 2 is 1.21 bits per heavy atom. The van der Waals surface area contributed by atoms with Gasteiger partial charge in [-0.3, -0.25) is 9.59 Å². The van der Waals surface area contributed by atoms with Crippen LogP contribution in [0.25, 0.3) is 0 Å². The highest BCUT2D eigenvalue weighted by Crippen LogP contribution is 2.12. The number of unbranched alkanes of at least 4 members (excludes halogenated alkanes) is 8. The van der Waals surface area contributed by atoms with Crippen LogP contribution in [0.4, 0.5) is 0 Å². The lowest BCUT2D eigenvalue weighted by Crippen LogP contribution is -2.23. The minimum atomic E-state index is 0. The van der Waals surface area contributed by atoms with E-state index in [1.54, 1.807) is 0 Å². The molecule has 0 saturated heterocycles. The minimum absolute atomic E-state index is 0. The monoisotopic (exact) mass is 343 g/mol. The Morgan fingerprint density at radius 1 is 0.792 bits per heavy atom. The lowest BCUT2D eigenvalue weighted by molar-refractivity contribution is -0.122. The van der Waals surface area contributed by atoms with Gasteiger partial charge in [0.1, 0.15) is 5.78 Å². The smallest absolute Gasteiger partial charge is 0.219 e. The van der Waals surface area contributed by atoms with Crippen LogP contribution in [0.15, 0.2) is 0 Å². The van der Waals surface area contributed by atoms with Crippen molar-refractivity contribution in [3.8, 4) is 0 Å². The van der Waals surface area contributed by atoms with Crippen LogP contribution in [0.1, 0.15) is 113 Å². The van der Waals surface area contributed by atoms with Gasteiger partial charge in [0, 0.05) is 26.7 Å². The molecular weight excluding hydrogens is 298 g/mol. The second-order valence-corrected chi connectivity index (χ2v) is 6.65. The average Bonchev–Trinajstić information content (AvgIpc) is 2.59. The molecule has 0 aromatic rings. The highest BCUT2D eigenvalue weighted by Gasteiger charge is 2.05. The predicted molar refractivity (Wildman–Crippen MR) is 107 cm³/mol.